The third kappa shape index (κ3) is 4.78. The molecule has 0 aliphatic heterocycles. The third-order valence-electron chi connectivity index (χ3n) is 3.77. The Bertz CT molecular complexity index is 977. The first-order valence-electron chi connectivity index (χ1n) is 8.11. The summed E-state index contributed by atoms with van der Waals surface area (Å²) in [5.41, 5.74) is 2.11. The van der Waals surface area contributed by atoms with E-state index in [2.05, 4.69) is 4.99 Å². The maximum atomic E-state index is 13.5. The van der Waals surface area contributed by atoms with E-state index in [0.717, 1.165) is 27.4 Å². The van der Waals surface area contributed by atoms with Crippen molar-refractivity contribution in [2.24, 2.45) is 4.99 Å². The molecule has 0 fully saturated rings. The second-order valence-corrected chi connectivity index (χ2v) is 8.79. The predicted octanol–water partition coefficient (Wildman–Crippen LogP) is 4.73. The molecule has 2 aromatic carbocycles. The molecule has 0 N–H and O–H groups in total. The highest BCUT2D eigenvalue weighted by atomic mass is 32.2. The van der Waals surface area contributed by atoms with E-state index in [9.17, 15) is 9.18 Å². The van der Waals surface area contributed by atoms with E-state index in [1.165, 1.54) is 40.8 Å². The molecule has 3 aromatic rings. The van der Waals surface area contributed by atoms with Crippen LogP contribution in [0.3, 0.4) is 0 Å². The number of aryl methyl sites for hydroxylation is 2. The molecule has 0 unspecified atom stereocenters. The number of carbonyl (C=O) groups is 1. The van der Waals surface area contributed by atoms with Crippen molar-refractivity contribution in [3.63, 3.8) is 0 Å². The molecule has 7 heteroatoms. The molecule has 0 spiro atoms. The number of benzene rings is 2. The van der Waals surface area contributed by atoms with Gasteiger partial charge in [0.25, 0.3) is 5.91 Å². The first-order chi connectivity index (χ1) is 12.6. The van der Waals surface area contributed by atoms with Crippen molar-refractivity contribution >= 4 is 51.0 Å². The number of fused-ring (bicyclic) bond motifs is 1. The van der Waals surface area contributed by atoms with Gasteiger partial charge in [0, 0.05) is 17.2 Å². The zero-order valence-electron chi connectivity index (χ0n) is 14.6. The van der Waals surface area contributed by atoms with Gasteiger partial charge in [0.15, 0.2) is 4.80 Å². The highest BCUT2D eigenvalue weighted by Crippen LogP contribution is 2.20. The number of aromatic nitrogens is 1. The fourth-order valence-corrected chi connectivity index (χ4v) is 4.60. The van der Waals surface area contributed by atoms with Gasteiger partial charge in [-0.05, 0) is 43.5 Å². The summed E-state index contributed by atoms with van der Waals surface area (Å²) in [5.74, 6) is 0.737. The Hall–Kier alpha value is -1.57. The molecular formula is C19H19FN2OS3. The summed E-state index contributed by atoms with van der Waals surface area (Å²) >= 11 is 4.56. The van der Waals surface area contributed by atoms with Crippen LogP contribution in [0.5, 0.6) is 0 Å². The van der Waals surface area contributed by atoms with Gasteiger partial charge >= 0.3 is 0 Å². The second kappa shape index (κ2) is 8.88. The molecule has 3 nitrogen and oxygen atoms in total. The van der Waals surface area contributed by atoms with Crippen LogP contribution in [0.4, 0.5) is 4.39 Å². The topological polar surface area (TPSA) is 34.4 Å². The molecule has 0 aliphatic rings. The second-order valence-electron chi connectivity index (χ2n) is 5.75. The molecule has 1 amide bonds. The number of halogens is 1. The minimum Gasteiger partial charge on any atom is -0.316 e. The van der Waals surface area contributed by atoms with Crippen LogP contribution in [0.15, 0.2) is 52.4 Å². The Balaban J connectivity index is 1.84. The van der Waals surface area contributed by atoms with E-state index in [1.54, 1.807) is 17.8 Å². The van der Waals surface area contributed by atoms with Crippen molar-refractivity contribution in [1.29, 1.82) is 0 Å². The number of rotatable bonds is 6. The van der Waals surface area contributed by atoms with Crippen LogP contribution in [0.25, 0.3) is 10.2 Å². The lowest BCUT2D eigenvalue weighted by atomic mass is 10.2. The number of carbonyl (C=O) groups excluding carboxylic acids is 1. The van der Waals surface area contributed by atoms with Crippen LogP contribution in [-0.4, -0.2) is 28.2 Å². The van der Waals surface area contributed by atoms with E-state index in [0.29, 0.717) is 4.80 Å². The van der Waals surface area contributed by atoms with Crippen molar-refractivity contribution < 1.29 is 9.18 Å². The van der Waals surface area contributed by atoms with Crippen molar-refractivity contribution in [3.8, 4) is 0 Å². The average molecular weight is 407 g/mol. The average Bonchev–Trinajstić information content (AvgIpc) is 2.95. The standard InChI is InChI=1S/C19H19FN2OS3/c1-13-3-6-15(7-4-13)25-12-18(23)21-19-22(9-10-24-2)16-8-5-14(20)11-17(16)26-19/h3-8,11H,9-10,12H2,1-2H3. The SMILES string of the molecule is CSCCn1c(=NC(=O)CSc2ccc(C)cc2)sc2cc(F)ccc21. The maximum absolute atomic E-state index is 13.5. The number of nitrogens with zero attached hydrogens (tertiary/aromatic N) is 2. The smallest absolute Gasteiger partial charge is 0.258 e. The highest BCUT2D eigenvalue weighted by molar-refractivity contribution is 8.00. The highest BCUT2D eigenvalue weighted by Gasteiger charge is 2.09. The summed E-state index contributed by atoms with van der Waals surface area (Å²) < 4.78 is 16.3. The summed E-state index contributed by atoms with van der Waals surface area (Å²) in [6.07, 6.45) is 2.04. The van der Waals surface area contributed by atoms with Gasteiger partial charge in [0.05, 0.1) is 16.0 Å². The number of hydrogen-bond donors (Lipinski definition) is 0. The zero-order valence-corrected chi connectivity index (χ0v) is 17.0. The lowest BCUT2D eigenvalue weighted by molar-refractivity contribution is -0.115. The van der Waals surface area contributed by atoms with Gasteiger partial charge in [0.1, 0.15) is 5.82 Å². The van der Waals surface area contributed by atoms with Crippen molar-refractivity contribution in [1.82, 2.24) is 4.57 Å². The van der Waals surface area contributed by atoms with Crippen LogP contribution in [0, 0.1) is 12.7 Å². The zero-order chi connectivity index (χ0) is 18.5. The molecule has 1 aromatic heterocycles. The molecule has 0 radical (unpaired) electrons. The van der Waals surface area contributed by atoms with Crippen LogP contribution >= 0.6 is 34.9 Å². The fourth-order valence-electron chi connectivity index (χ4n) is 2.45. The normalized spacial score (nSPS) is 12.0. The van der Waals surface area contributed by atoms with Crippen molar-refractivity contribution in [3.05, 3.63) is 58.6 Å². The lowest BCUT2D eigenvalue weighted by Crippen LogP contribution is -2.18. The van der Waals surface area contributed by atoms with Crippen LogP contribution in [0.1, 0.15) is 5.56 Å². The molecule has 0 bridgehead atoms. The van der Waals surface area contributed by atoms with E-state index < -0.39 is 0 Å². The van der Waals surface area contributed by atoms with Gasteiger partial charge in [0.2, 0.25) is 0 Å². The first-order valence-corrected chi connectivity index (χ1v) is 11.3. The van der Waals surface area contributed by atoms with Gasteiger partial charge in [-0.25, -0.2) is 4.39 Å². The van der Waals surface area contributed by atoms with E-state index >= 15 is 0 Å². The quantitative estimate of drug-likeness (QED) is 0.555. The molecule has 0 atom stereocenters. The molecule has 1 heterocycles. The first kappa shape index (κ1) is 19.2. The Kier molecular flexibility index (Phi) is 6.56. The number of hydrogen-bond acceptors (Lipinski definition) is 4. The Morgan fingerprint density at radius 3 is 2.73 bits per heavy atom. The summed E-state index contributed by atoms with van der Waals surface area (Å²) in [4.78, 5) is 18.3. The molecule has 3 rings (SSSR count). The maximum Gasteiger partial charge on any atom is 0.258 e. The van der Waals surface area contributed by atoms with Crippen LogP contribution in [-0.2, 0) is 11.3 Å². The van der Waals surface area contributed by atoms with E-state index in [-0.39, 0.29) is 17.5 Å². The molecule has 0 saturated carbocycles. The molecular weight excluding hydrogens is 387 g/mol. The number of amides is 1. The van der Waals surface area contributed by atoms with Gasteiger partial charge in [-0.15, -0.1) is 11.8 Å². The Morgan fingerprint density at radius 1 is 1.23 bits per heavy atom. The molecule has 26 heavy (non-hydrogen) atoms. The van der Waals surface area contributed by atoms with E-state index in [1.807, 2.05) is 42.0 Å². The predicted molar refractivity (Wildman–Crippen MR) is 111 cm³/mol. The van der Waals surface area contributed by atoms with Gasteiger partial charge in [-0.3, -0.25) is 4.79 Å². The van der Waals surface area contributed by atoms with Crippen LogP contribution < -0.4 is 4.80 Å². The van der Waals surface area contributed by atoms with Crippen molar-refractivity contribution in [2.45, 2.75) is 18.4 Å². The van der Waals surface area contributed by atoms with E-state index in [4.69, 9.17) is 0 Å². The summed E-state index contributed by atoms with van der Waals surface area (Å²) in [5, 5.41) is 0. The number of thiazole rings is 1. The van der Waals surface area contributed by atoms with Crippen molar-refractivity contribution in [2.75, 3.05) is 17.8 Å². The van der Waals surface area contributed by atoms with Gasteiger partial charge < -0.3 is 4.57 Å². The Morgan fingerprint density at radius 2 is 2.00 bits per heavy atom. The third-order valence-corrected chi connectivity index (χ3v) is 6.40. The summed E-state index contributed by atoms with van der Waals surface area (Å²) in [6.45, 7) is 2.77. The fraction of sp³-hybridized carbons (Fsp3) is 0.263. The monoisotopic (exact) mass is 406 g/mol. The minimum atomic E-state index is -0.274. The minimum absolute atomic E-state index is 0.180. The Labute approximate surface area is 164 Å². The molecule has 0 aliphatic carbocycles. The number of thioether (sulfide) groups is 2. The summed E-state index contributed by atoms with van der Waals surface area (Å²) in [6, 6.07) is 12.8. The lowest BCUT2D eigenvalue weighted by Gasteiger charge is -2.03. The largest absolute Gasteiger partial charge is 0.316 e. The molecule has 0 saturated heterocycles. The molecule has 136 valence electrons. The van der Waals surface area contributed by atoms with Gasteiger partial charge in [-0.1, -0.05) is 29.0 Å². The van der Waals surface area contributed by atoms with Gasteiger partial charge in [-0.2, -0.15) is 16.8 Å². The summed E-state index contributed by atoms with van der Waals surface area (Å²) in [7, 11) is 0. The van der Waals surface area contributed by atoms with Crippen LogP contribution in [0.2, 0.25) is 0 Å².